The lowest BCUT2D eigenvalue weighted by Crippen LogP contribution is -2.52. The number of benzene rings is 2. The summed E-state index contributed by atoms with van der Waals surface area (Å²) in [5, 5.41) is 0. The van der Waals surface area contributed by atoms with Crippen LogP contribution in [0.25, 0.3) is 6.08 Å². The summed E-state index contributed by atoms with van der Waals surface area (Å²) in [5.74, 6) is 1.28. The molecule has 1 saturated heterocycles. The molecule has 2 aliphatic heterocycles. The normalized spacial score (nSPS) is 16.9. The second kappa shape index (κ2) is 9.39. The van der Waals surface area contributed by atoms with Gasteiger partial charge in [-0.25, -0.2) is 4.98 Å². The van der Waals surface area contributed by atoms with Crippen LogP contribution in [-0.2, 0) is 9.59 Å². The lowest BCUT2D eigenvalue weighted by molar-refractivity contribution is -0.131. The van der Waals surface area contributed by atoms with Gasteiger partial charge in [-0.1, -0.05) is 48.0 Å². The van der Waals surface area contributed by atoms with Gasteiger partial charge in [-0.05, 0) is 42.8 Å². The second-order valence-electron chi connectivity index (χ2n) is 8.44. The number of hydrogen-bond donors (Lipinski definition) is 0. The molecule has 1 fully saturated rings. The Labute approximate surface area is 198 Å². The average molecular weight is 455 g/mol. The molecule has 3 heterocycles. The van der Waals surface area contributed by atoms with E-state index in [1.165, 1.54) is 4.90 Å². The Morgan fingerprint density at radius 3 is 2.56 bits per heavy atom. The van der Waals surface area contributed by atoms with Gasteiger partial charge in [0.1, 0.15) is 12.4 Å². The summed E-state index contributed by atoms with van der Waals surface area (Å²) in [6.45, 7) is 4.54. The predicted molar refractivity (Wildman–Crippen MR) is 132 cm³/mol. The lowest BCUT2D eigenvalue weighted by Gasteiger charge is -2.37. The fourth-order valence-corrected chi connectivity index (χ4v) is 4.29. The number of carbonyl (C=O) groups is 2. The molecule has 0 spiro atoms. The smallest absolute Gasteiger partial charge is 0.294 e. The van der Waals surface area contributed by atoms with E-state index in [1.54, 1.807) is 12.3 Å². The minimum Gasteiger partial charge on any atom is -0.449 e. The first kappa shape index (κ1) is 21.7. The first-order valence-corrected chi connectivity index (χ1v) is 11.4. The van der Waals surface area contributed by atoms with E-state index in [4.69, 9.17) is 4.74 Å². The highest BCUT2D eigenvalue weighted by molar-refractivity contribution is 6.12. The first-order chi connectivity index (χ1) is 16.6. The minimum atomic E-state index is -0.319. The standard InChI is InChI=1S/C27H26N4O3/c1-20-7-6-8-21(17-20)18-24-27(33)31(22-9-2-3-10-23(22)34-24)19-26(32)30-15-13-29(14-16-30)25-11-4-5-12-28-25/h2-12,17-18H,13-16,19H2,1H3. The molecule has 7 heteroatoms. The van der Waals surface area contributed by atoms with Crippen molar-refractivity contribution in [1.29, 1.82) is 0 Å². The Bertz CT molecular complexity index is 1230. The third kappa shape index (κ3) is 4.50. The van der Waals surface area contributed by atoms with Gasteiger partial charge in [0.15, 0.2) is 11.5 Å². The van der Waals surface area contributed by atoms with Crippen LogP contribution in [0.4, 0.5) is 11.5 Å². The van der Waals surface area contributed by atoms with E-state index in [0.717, 1.165) is 16.9 Å². The van der Waals surface area contributed by atoms with Gasteiger partial charge in [0.2, 0.25) is 5.91 Å². The van der Waals surface area contributed by atoms with Gasteiger partial charge < -0.3 is 14.5 Å². The molecular weight excluding hydrogens is 428 g/mol. The second-order valence-corrected chi connectivity index (χ2v) is 8.44. The van der Waals surface area contributed by atoms with E-state index in [-0.39, 0.29) is 24.1 Å². The summed E-state index contributed by atoms with van der Waals surface area (Å²) in [6, 6.07) is 21.0. The Morgan fingerprint density at radius 1 is 1.00 bits per heavy atom. The van der Waals surface area contributed by atoms with E-state index in [0.29, 0.717) is 37.6 Å². The number of para-hydroxylation sites is 2. The summed E-state index contributed by atoms with van der Waals surface area (Å²) >= 11 is 0. The van der Waals surface area contributed by atoms with Crippen molar-refractivity contribution in [3.05, 3.63) is 89.8 Å². The number of carbonyl (C=O) groups excluding carboxylic acids is 2. The van der Waals surface area contributed by atoms with E-state index >= 15 is 0 Å². The first-order valence-electron chi connectivity index (χ1n) is 11.4. The largest absolute Gasteiger partial charge is 0.449 e. The molecule has 0 aliphatic carbocycles. The maximum absolute atomic E-state index is 13.4. The number of piperazine rings is 1. The van der Waals surface area contributed by atoms with E-state index in [9.17, 15) is 9.59 Å². The minimum absolute atomic E-state index is 0.0338. The molecule has 3 aromatic rings. The summed E-state index contributed by atoms with van der Waals surface area (Å²) in [5.41, 5.74) is 2.57. The molecule has 0 radical (unpaired) electrons. The number of aromatic nitrogens is 1. The van der Waals surface area contributed by atoms with Crippen molar-refractivity contribution >= 4 is 29.4 Å². The van der Waals surface area contributed by atoms with Crippen LogP contribution < -0.4 is 14.5 Å². The Hall–Kier alpha value is -4.13. The maximum Gasteiger partial charge on any atom is 0.294 e. The SMILES string of the molecule is Cc1cccc(C=C2Oc3ccccc3N(CC(=O)N3CCN(c4ccccn4)CC3)C2=O)c1. The van der Waals surface area contributed by atoms with Crippen molar-refractivity contribution < 1.29 is 14.3 Å². The van der Waals surface area contributed by atoms with Crippen LogP contribution in [-0.4, -0.2) is 54.4 Å². The van der Waals surface area contributed by atoms with Crippen LogP contribution in [0.15, 0.2) is 78.7 Å². The van der Waals surface area contributed by atoms with Crippen LogP contribution in [0.5, 0.6) is 5.75 Å². The highest BCUT2D eigenvalue weighted by Gasteiger charge is 2.33. The van der Waals surface area contributed by atoms with Gasteiger partial charge in [-0.2, -0.15) is 0 Å². The Morgan fingerprint density at radius 2 is 1.79 bits per heavy atom. The topological polar surface area (TPSA) is 66.0 Å². The highest BCUT2D eigenvalue weighted by atomic mass is 16.5. The fourth-order valence-electron chi connectivity index (χ4n) is 4.29. The zero-order valence-corrected chi connectivity index (χ0v) is 19.1. The molecule has 1 aromatic heterocycles. The summed E-state index contributed by atoms with van der Waals surface area (Å²) in [4.78, 5) is 36.5. The zero-order chi connectivity index (χ0) is 23.5. The molecule has 5 rings (SSSR count). The van der Waals surface area contributed by atoms with E-state index < -0.39 is 0 Å². The third-order valence-electron chi connectivity index (χ3n) is 6.07. The third-order valence-corrected chi connectivity index (χ3v) is 6.07. The van der Waals surface area contributed by atoms with Crippen molar-refractivity contribution in [3.8, 4) is 5.75 Å². The summed E-state index contributed by atoms with van der Waals surface area (Å²) in [7, 11) is 0. The van der Waals surface area contributed by atoms with Gasteiger partial charge >= 0.3 is 0 Å². The number of hydrogen-bond acceptors (Lipinski definition) is 5. The fraction of sp³-hybridized carbons (Fsp3) is 0.222. The lowest BCUT2D eigenvalue weighted by atomic mass is 10.1. The number of pyridine rings is 1. The molecule has 0 saturated carbocycles. The van der Waals surface area contributed by atoms with Crippen molar-refractivity contribution in [2.24, 2.45) is 0 Å². The number of ether oxygens (including phenoxy) is 1. The van der Waals surface area contributed by atoms with Gasteiger partial charge in [0, 0.05) is 32.4 Å². The zero-order valence-electron chi connectivity index (χ0n) is 19.1. The number of aryl methyl sites for hydroxylation is 1. The van der Waals surface area contributed by atoms with Gasteiger partial charge in [-0.15, -0.1) is 0 Å². The average Bonchev–Trinajstić information content (AvgIpc) is 2.87. The summed E-state index contributed by atoms with van der Waals surface area (Å²) in [6.07, 6.45) is 3.50. The molecule has 0 bridgehead atoms. The number of anilines is 2. The molecule has 0 atom stereocenters. The molecule has 0 N–H and O–H groups in total. The van der Waals surface area contributed by atoms with Gasteiger partial charge in [-0.3, -0.25) is 14.5 Å². The van der Waals surface area contributed by atoms with Crippen molar-refractivity contribution in [1.82, 2.24) is 9.88 Å². The van der Waals surface area contributed by atoms with E-state index in [1.807, 2.05) is 78.6 Å². The van der Waals surface area contributed by atoms with Crippen molar-refractivity contribution in [2.45, 2.75) is 6.92 Å². The van der Waals surface area contributed by atoms with Gasteiger partial charge in [0.25, 0.3) is 5.91 Å². The number of nitrogens with zero attached hydrogens (tertiary/aromatic N) is 4. The van der Waals surface area contributed by atoms with Crippen molar-refractivity contribution in [3.63, 3.8) is 0 Å². The maximum atomic E-state index is 13.4. The Balaban J connectivity index is 1.33. The monoisotopic (exact) mass is 454 g/mol. The van der Waals surface area contributed by atoms with E-state index in [2.05, 4.69) is 9.88 Å². The molecule has 2 aliphatic rings. The number of rotatable bonds is 4. The molecule has 7 nitrogen and oxygen atoms in total. The van der Waals surface area contributed by atoms with Crippen LogP contribution >= 0.6 is 0 Å². The highest BCUT2D eigenvalue weighted by Crippen LogP contribution is 2.35. The predicted octanol–water partition coefficient (Wildman–Crippen LogP) is 3.51. The van der Waals surface area contributed by atoms with Crippen molar-refractivity contribution in [2.75, 3.05) is 42.5 Å². The quantitative estimate of drug-likeness (QED) is 0.565. The molecule has 172 valence electrons. The molecule has 0 unspecified atom stereocenters. The van der Waals surface area contributed by atoms with Crippen LogP contribution in [0.2, 0.25) is 0 Å². The number of fused-ring (bicyclic) bond motifs is 1. The van der Waals surface area contributed by atoms with Crippen LogP contribution in [0, 0.1) is 6.92 Å². The number of amides is 2. The van der Waals surface area contributed by atoms with Gasteiger partial charge in [0.05, 0.1) is 5.69 Å². The molecular formula is C27H26N4O3. The summed E-state index contributed by atoms with van der Waals surface area (Å²) < 4.78 is 5.94. The van der Waals surface area contributed by atoms with Crippen LogP contribution in [0.1, 0.15) is 11.1 Å². The Kier molecular flexibility index (Phi) is 5.99. The molecule has 2 aromatic carbocycles. The molecule has 34 heavy (non-hydrogen) atoms. The molecule has 2 amide bonds. The van der Waals surface area contributed by atoms with Crippen LogP contribution in [0.3, 0.4) is 0 Å².